The van der Waals surface area contributed by atoms with Crippen LogP contribution in [-0.4, -0.2) is 9.78 Å². The molecule has 1 unspecified atom stereocenters. The van der Waals surface area contributed by atoms with Gasteiger partial charge in [-0.05, 0) is 40.4 Å². The van der Waals surface area contributed by atoms with Crippen LogP contribution < -0.4 is 11.3 Å². The SMILES string of the molecule is CCc1nn(C)c(CC(NN)c2cccc(C)c2Cl)c1Br. The predicted molar refractivity (Wildman–Crippen MR) is 90.2 cm³/mol. The zero-order valence-corrected chi connectivity index (χ0v) is 14.8. The molecule has 0 saturated carbocycles. The molecule has 0 aliphatic heterocycles. The van der Waals surface area contributed by atoms with Crippen LogP contribution in [0.3, 0.4) is 0 Å². The summed E-state index contributed by atoms with van der Waals surface area (Å²) in [5.74, 6) is 5.76. The summed E-state index contributed by atoms with van der Waals surface area (Å²) in [5.41, 5.74) is 7.08. The lowest BCUT2D eigenvalue weighted by atomic mass is 10.00. The van der Waals surface area contributed by atoms with Crippen LogP contribution in [0.4, 0.5) is 0 Å². The Kier molecular flexibility index (Phi) is 5.43. The number of aryl methyl sites for hydroxylation is 3. The minimum Gasteiger partial charge on any atom is -0.271 e. The zero-order chi connectivity index (χ0) is 15.6. The van der Waals surface area contributed by atoms with Crippen molar-refractivity contribution in [3.63, 3.8) is 0 Å². The Labute approximate surface area is 138 Å². The van der Waals surface area contributed by atoms with Crippen LogP contribution in [0.1, 0.15) is 35.5 Å². The van der Waals surface area contributed by atoms with E-state index in [2.05, 4.69) is 33.4 Å². The smallest absolute Gasteiger partial charge is 0.0766 e. The normalized spacial score (nSPS) is 12.7. The van der Waals surface area contributed by atoms with Crippen molar-refractivity contribution < 1.29 is 0 Å². The molecule has 1 atom stereocenters. The number of nitrogens with zero attached hydrogens (tertiary/aromatic N) is 2. The van der Waals surface area contributed by atoms with Crippen molar-refractivity contribution in [2.75, 3.05) is 0 Å². The quantitative estimate of drug-likeness (QED) is 0.625. The molecule has 0 bridgehead atoms. The maximum atomic E-state index is 6.42. The molecule has 6 heteroatoms. The van der Waals surface area contributed by atoms with E-state index in [4.69, 9.17) is 17.4 Å². The van der Waals surface area contributed by atoms with Gasteiger partial charge in [0.05, 0.1) is 21.9 Å². The lowest BCUT2D eigenvalue weighted by Crippen LogP contribution is -2.30. The van der Waals surface area contributed by atoms with E-state index >= 15 is 0 Å². The van der Waals surface area contributed by atoms with Crippen molar-refractivity contribution in [3.05, 3.63) is 50.2 Å². The van der Waals surface area contributed by atoms with E-state index in [1.54, 1.807) is 0 Å². The average Bonchev–Trinajstić information content (AvgIpc) is 2.74. The number of hydrogen-bond donors (Lipinski definition) is 2. The van der Waals surface area contributed by atoms with E-state index in [9.17, 15) is 0 Å². The highest BCUT2D eigenvalue weighted by molar-refractivity contribution is 9.10. The first-order valence-electron chi connectivity index (χ1n) is 6.90. The minimum absolute atomic E-state index is 0.0613. The summed E-state index contributed by atoms with van der Waals surface area (Å²) in [4.78, 5) is 0. The Hall–Kier alpha value is -0.880. The topological polar surface area (TPSA) is 55.9 Å². The van der Waals surface area contributed by atoms with E-state index in [1.165, 1.54) is 0 Å². The van der Waals surface area contributed by atoms with Gasteiger partial charge in [-0.25, -0.2) is 0 Å². The first kappa shape index (κ1) is 16.5. The molecule has 1 heterocycles. The summed E-state index contributed by atoms with van der Waals surface area (Å²) in [7, 11) is 1.95. The summed E-state index contributed by atoms with van der Waals surface area (Å²) in [5, 5.41) is 5.28. The molecule has 2 aromatic rings. The number of nitrogens with two attached hydrogens (primary N) is 1. The van der Waals surface area contributed by atoms with E-state index in [0.29, 0.717) is 6.42 Å². The molecule has 1 aromatic heterocycles. The summed E-state index contributed by atoms with van der Waals surface area (Å²) in [6.07, 6.45) is 1.60. The standard InChI is InChI=1S/C15H20BrClN4/c1-4-11-14(16)13(21(3)20-11)8-12(19-18)10-7-5-6-9(2)15(10)17/h5-7,12,19H,4,8,18H2,1-3H3. The lowest BCUT2D eigenvalue weighted by molar-refractivity contribution is 0.529. The van der Waals surface area contributed by atoms with Crippen LogP contribution in [0.15, 0.2) is 22.7 Å². The third-order valence-corrected chi connectivity index (χ3v) is 5.13. The van der Waals surface area contributed by atoms with Gasteiger partial charge >= 0.3 is 0 Å². The highest BCUT2D eigenvalue weighted by Crippen LogP contribution is 2.30. The minimum atomic E-state index is -0.0613. The van der Waals surface area contributed by atoms with Gasteiger partial charge in [-0.1, -0.05) is 36.7 Å². The van der Waals surface area contributed by atoms with Gasteiger partial charge in [-0.2, -0.15) is 5.10 Å². The van der Waals surface area contributed by atoms with Gasteiger partial charge in [0, 0.05) is 18.5 Å². The third-order valence-electron chi connectivity index (χ3n) is 3.70. The second-order valence-electron chi connectivity index (χ2n) is 5.09. The number of halogens is 2. The molecule has 0 saturated heterocycles. The van der Waals surface area contributed by atoms with Crippen LogP contribution in [-0.2, 0) is 19.9 Å². The fourth-order valence-corrected chi connectivity index (χ4v) is 3.47. The van der Waals surface area contributed by atoms with Gasteiger partial charge in [0.1, 0.15) is 0 Å². The molecule has 2 rings (SSSR count). The highest BCUT2D eigenvalue weighted by Gasteiger charge is 2.20. The van der Waals surface area contributed by atoms with Crippen molar-refractivity contribution in [2.45, 2.75) is 32.7 Å². The highest BCUT2D eigenvalue weighted by atomic mass is 79.9. The first-order chi connectivity index (χ1) is 9.99. The molecule has 0 radical (unpaired) electrons. The Bertz CT molecular complexity index is 639. The molecular formula is C15H20BrClN4. The first-order valence-corrected chi connectivity index (χ1v) is 8.08. The second kappa shape index (κ2) is 6.92. The third kappa shape index (κ3) is 3.31. The molecule has 0 amide bonds. The van der Waals surface area contributed by atoms with Gasteiger partial charge in [-0.3, -0.25) is 16.0 Å². The fourth-order valence-electron chi connectivity index (χ4n) is 2.43. The average molecular weight is 372 g/mol. The molecule has 4 nitrogen and oxygen atoms in total. The molecule has 114 valence electrons. The van der Waals surface area contributed by atoms with Crippen molar-refractivity contribution in [1.29, 1.82) is 0 Å². The zero-order valence-electron chi connectivity index (χ0n) is 12.5. The van der Waals surface area contributed by atoms with E-state index in [1.807, 2.05) is 36.9 Å². The van der Waals surface area contributed by atoms with Gasteiger partial charge < -0.3 is 0 Å². The maximum absolute atomic E-state index is 6.42. The maximum Gasteiger partial charge on any atom is 0.0766 e. The van der Waals surface area contributed by atoms with Gasteiger partial charge in [-0.15, -0.1) is 0 Å². The van der Waals surface area contributed by atoms with E-state index < -0.39 is 0 Å². The number of aromatic nitrogens is 2. The lowest BCUT2D eigenvalue weighted by Gasteiger charge is -2.19. The molecular weight excluding hydrogens is 352 g/mol. The van der Waals surface area contributed by atoms with Crippen molar-refractivity contribution in [3.8, 4) is 0 Å². The van der Waals surface area contributed by atoms with Crippen molar-refractivity contribution >= 4 is 27.5 Å². The van der Waals surface area contributed by atoms with Gasteiger partial charge in [0.15, 0.2) is 0 Å². The molecule has 0 fully saturated rings. The molecule has 0 spiro atoms. The van der Waals surface area contributed by atoms with Crippen LogP contribution in [0.2, 0.25) is 5.02 Å². The Morgan fingerprint density at radius 1 is 1.48 bits per heavy atom. The van der Waals surface area contributed by atoms with E-state index in [0.717, 1.165) is 38.4 Å². The van der Waals surface area contributed by atoms with Crippen LogP contribution in [0.5, 0.6) is 0 Å². The summed E-state index contributed by atoms with van der Waals surface area (Å²) in [6, 6.07) is 5.93. The Morgan fingerprint density at radius 3 is 2.76 bits per heavy atom. The monoisotopic (exact) mass is 370 g/mol. The summed E-state index contributed by atoms with van der Waals surface area (Å²) >= 11 is 10.1. The van der Waals surface area contributed by atoms with Crippen LogP contribution in [0.25, 0.3) is 0 Å². The van der Waals surface area contributed by atoms with Gasteiger partial charge in [0.2, 0.25) is 0 Å². The van der Waals surface area contributed by atoms with Crippen LogP contribution >= 0.6 is 27.5 Å². The van der Waals surface area contributed by atoms with E-state index in [-0.39, 0.29) is 6.04 Å². The van der Waals surface area contributed by atoms with Gasteiger partial charge in [0.25, 0.3) is 0 Å². The predicted octanol–water partition coefficient (Wildman–Crippen LogP) is 3.45. The number of nitrogens with one attached hydrogen (secondary N) is 1. The van der Waals surface area contributed by atoms with Crippen molar-refractivity contribution in [1.82, 2.24) is 15.2 Å². The Morgan fingerprint density at radius 2 is 2.19 bits per heavy atom. The summed E-state index contributed by atoms with van der Waals surface area (Å²) in [6.45, 7) is 4.08. The van der Waals surface area contributed by atoms with Crippen molar-refractivity contribution in [2.24, 2.45) is 12.9 Å². The number of hydrogen-bond acceptors (Lipinski definition) is 3. The fraction of sp³-hybridized carbons (Fsp3) is 0.400. The second-order valence-corrected chi connectivity index (χ2v) is 6.26. The number of hydrazine groups is 1. The molecule has 0 aliphatic rings. The molecule has 21 heavy (non-hydrogen) atoms. The molecule has 1 aromatic carbocycles. The largest absolute Gasteiger partial charge is 0.271 e. The molecule has 0 aliphatic carbocycles. The Balaban J connectivity index is 2.36. The number of rotatable bonds is 5. The molecule has 3 N–H and O–H groups in total. The summed E-state index contributed by atoms with van der Waals surface area (Å²) < 4.78 is 2.95. The van der Waals surface area contributed by atoms with Crippen LogP contribution in [0, 0.1) is 6.92 Å². The number of benzene rings is 1.